The summed E-state index contributed by atoms with van der Waals surface area (Å²) >= 11 is 2.42. The average Bonchev–Trinajstić information content (AvgIpc) is 2.49. The van der Waals surface area contributed by atoms with E-state index in [-0.39, 0.29) is 0 Å². The van der Waals surface area contributed by atoms with Gasteiger partial charge in [0.05, 0.1) is 6.61 Å². The third-order valence-corrected chi connectivity index (χ3v) is 3.77. The summed E-state index contributed by atoms with van der Waals surface area (Å²) in [6.45, 7) is 0.821. The van der Waals surface area contributed by atoms with E-state index in [1.54, 1.807) is 0 Å². The highest BCUT2D eigenvalue weighted by atomic mass is 127. The Kier molecular flexibility index (Phi) is 6.21. The first kappa shape index (κ1) is 14.4. The number of ether oxygens (including phenoxy) is 1. The van der Waals surface area contributed by atoms with Crippen LogP contribution in [0.2, 0.25) is 0 Å². The molecule has 0 aromatic heterocycles. The van der Waals surface area contributed by atoms with Crippen LogP contribution in [0.3, 0.4) is 0 Å². The van der Waals surface area contributed by atoms with Gasteiger partial charge in [0, 0.05) is 0 Å². The fraction of sp³-hybridized carbons (Fsp3) is 0.294. The number of rotatable bonds is 7. The first-order valence-electron chi connectivity index (χ1n) is 6.74. The zero-order valence-electron chi connectivity index (χ0n) is 11.0. The van der Waals surface area contributed by atoms with E-state index in [1.165, 1.54) is 28.4 Å². The zero-order chi connectivity index (χ0) is 13.3. The molecule has 0 amide bonds. The number of unbranched alkanes of at least 4 members (excludes halogenated alkanes) is 2. The topological polar surface area (TPSA) is 9.23 Å². The molecule has 0 saturated heterocycles. The van der Waals surface area contributed by atoms with Crippen LogP contribution in [-0.2, 0) is 0 Å². The molecule has 0 fully saturated rings. The Bertz CT molecular complexity index is 464. The molecule has 0 aliphatic carbocycles. The first-order valence-corrected chi connectivity index (χ1v) is 8.27. The molecule has 0 aliphatic heterocycles. The molecule has 1 nitrogen and oxygen atoms in total. The fourth-order valence-corrected chi connectivity index (χ4v) is 2.48. The zero-order valence-corrected chi connectivity index (χ0v) is 13.2. The highest BCUT2D eigenvalue weighted by molar-refractivity contribution is 14.1. The summed E-state index contributed by atoms with van der Waals surface area (Å²) in [5, 5.41) is 0. The van der Waals surface area contributed by atoms with Gasteiger partial charge < -0.3 is 4.74 Å². The smallest absolute Gasteiger partial charge is 0.119 e. The monoisotopic (exact) mass is 366 g/mol. The van der Waals surface area contributed by atoms with E-state index in [0.717, 1.165) is 18.8 Å². The Morgan fingerprint density at radius 3 is 2.11 bits per heavy atom. The fourth-order valence-electron chi connectivity index (χ4n) is 1.94. The SMILES string of the molecule is ICCCCCOc1ccc(-c2ccccc2)cc1. The minimum Gasteiger partial charge on any atom is -0.494 e. The van der Waals surface area contributed by atoms with Gasteiger partial charge in [0.1, 0.15) is 5.75 Å². The van der Waals surface area contributed by atoms with Gasteiger partial charge in [-0.1, -0.05) is 65.1 Å². The molecule has 2 rings (SSSR count). The van der Waals surface area contributed by atoms with Crippen molar-refractivity contribution in [2.45, 2.75) is 19.3 Å². The summed E-state index contributed by atoms with van der Waals surface area (Å²) in [5.41, 5.74) is 2.48. The number of hydrogen-bond donors (Lipinski definition) is 0. The predicted molar refractivity (Wildman–Crippen MR) is 90.1 cm³/mol. The number of benzene rings is 2. The summed E-state index contributed by atoms with van der Waals surface area (Å²) < 4.78 is 6.98. The van der Waals surface area contributed by atoms with Gasteiger partial charge in [-0.05, 0) is 46.9 Å². The third kappa shape index (κ3) is 4.86. The third-order valence-electron chi connectivity index (χ3n) is 3.01. The Morgan fingerprint density at radius 1 is 0.737 bits per heavy atom. The molecule has 0 spiro atoms. The molecule has 0 heterocycles. The molecular weight excluding hydrogens is 347 g/mol. The van der Waals surface area contributed by atoms with E-state index < -0.39 is 0 Å². The molecule has 19 heavy (non-hydrogen) atoms. The second kappa shape index (κ2) is 8.20. The van der Waals surface area contributed by atoms with Gasteiger partial charge in [-0.3, -0.25) is 0 Å². The molecule has 2 aromatic rings. The van der Waals surface area contributed by atoms with Crippen molar-refractivity contribution in [2.75, 3.05) is 11.0 Å². The van der Waals surface area contributed by atoms with Crippen LogP contribution in [0, 0.1) is 0 Å². The summed E-state index contributed by atoms with van der Waals surface area (Å²) in [4.78, 5) is 0. The Balaban J connectivity index is 1.85. The van der Waals surface area contributed by atoms with Crippen LogP contribution >= 0.6 is 22.6 Å². The predicted octanol–water partition coefficient (Wildman–Crippen LogP) is 5.34. The summed E-state index contributed by atoms with van der Waals surface area (Å²) in [7, 11) is 0. The van der Waals surface area contributed by atoms with E-state index in [4.69, 9.17) is 4.74 Å². The van der Waals surface area contributed by atoms with Crippen LogP contribution in [0.1, 0.15) is 19.3 Å². The molecule has 0 radical (unpaired) electrons. The molecule has 0 aliphatic rings. The molecule has 0 N–H and O–H groups in total. The van der Waals surface area contributed by atoms with Crippen molar-refractivity contribution in [2.24, 2.45) is 0 Å². The van der Waals surface area contributed by atoms with Gasteiger partial charge in [0.25, 0.3) is 0 Å². The number of alkyl halides is 1. The Labute approximate surface area is 129 Å². The second-order valence-electron chi connectivity index (χ2n) is 4.49. The van der Waals surface area contributed by atoms with Crippen LogP contribution in [0.15, 0.2) is 54.6 Å². The lowest BCUT2D eigenvalue weighted by molar-refractivity contribution is 0.306. The molecule has 2 aromatic carbocycles. The van der Waals surface area contributed by atoms with Gasteiger partial charge in [-0.25, -0.2) is 0 Å². The van der Waals surface area contributed by atoms with Crippen molar-refractivity contribution < 1.29 is 4.74 Å². The van der Waals surface area contributed by atoms with E-state index in [9.17, 15) is 0 Å². The lowest BCUT2D eigenvalue weighted by Gasteiger charge is -2.07. The van der Waals surface area contributed by atoms with E-state index in [2.05, 4.69) is 71.1 Å². The van der Waals surface area contributed by atoms with E-state index >= 15 is 0 Å². The minimum absolute atomic E-state index is 0.821. The van der Waals surface area contributed by atoms with Gasteiger partial charge in [0.2, 0.25) is 0 Å². The van der Waals surface area contributed by atoms with Crippen molar-refractivity contribution in [1.29, 1.82) is 0 Å². The Hall–Kier alpha value is -1.03. The van der Waals surface area contributed by atoms with Gasteiger partial charge in [-0.2, -0.15) is 0 Å². The van der Waals surface area contributed by atoms with Crippen LogP contribution in [-0.4, -0.2) is 11.0 Å². The van der Waals surface area contributed by atoms with Crippen molar-refractivity contribution in [3.05, 3.63) is 54.6 Å². The molecule has 0 bridgehead atoms. The van der Waals surface area contributed by atoms with Crippen molar-refractivity contribution in [1.82, 2.24) is 0 Å². The van der Waals surface area contributed by atoms with Crippen LogP contribution in [0.25, 0.3) is 11.1 Å². The lowest BCUT2D eigenvalue weighted by atomic mass is 10.1. The van der Waals surface area contributed by atoms with Crippen molar-refractivity contribution in [3.8, 4) is 16.9 Å². The first-order chi connectivity index (χ1) is 9.40. The molecule has 0 unspecified atom stereocenters. The van der Waals surface area contributed by atoms with Gasteiger partial charge >= 0.3 is 0 Å². The standard InChI is InChI=1S/C17H19IO/c18-13-5-2-6-14-19-17-11-9-16(10-12-17)15-7-3-1-4-8-15/h1,3-4,7-12H,2,5-6,13-14H2. The molecule has 100 valence electrons. The maximum absolute atomic E-state index is 5.74. The maximum atomic E-state index is 5.74. The summed E-state index contributed by atoms with van der Waals surface area (Å²) in [6.07, 6.45) is 3.69. The quantitative estimate of drug-likeness (QED) is 0.365. The minimum atomic E-state index is 0.821. The largest absolute Gasteiger partial charge is 0.494 e. The molecule has 0 atom stereocenters. The van der Waals surface area contributed by atoms with Gasteiger partial charge in [-0.15, -0.1) is 0 Å². The van der Waals surface area contributed by atoms with Crippen LogP contribution in [0.4, 0.5) is 0 Å². The maximum Gasteiger partial charge on any atom is 0.119 e. The van der Waals surface area contributed by atoms with E-state index in [1.807, 2.05) is 6.07 Å². The highest BCUT2D eigenvalue weighted by Crippen LogP contribution is 2.22. The normalized spacial score (nSPS) is 10.4. The van der Waals surface area contributed by atoms with Gasteiger partial charge in [0.15, 0.2) is 0 Å². The average molecular weight is 366 g/mol. The molecule has 0 saturated carbocycles. The van der Waals surface area contributed by atoms with Crippen molar-refractivity contribution in [3.63, 3.8) is 0 Å². The molecule has 2 heteroatoms. The van der Waals surface area contributed by atoms with Crippen LogP contribution in [0.5, 0.6) is 5.75 Å². The second-order valence-corrected chi connectivity index (χ2v) is 5.57. The number of halogens is 1. The highest BCUT2D eigenvalue weighted by Gasteiger charge is 1.98. The molecular formula is C17H19IO. The van der Waals surface area contributed by atoms with Crippen molar-refractivity contribution >= 4 is 22.6 Å². The number of hydrogen-bond acceptors (Lipinski definition) is 1. The lowest BCUT2D eigenvalue weighted by Crippen LogP contribution is -1.97. The van der Waals surface area contributed by atoms with Crippen LogP contribution < -0.4 is 4.74 Å². The summed E-state index contributed by atoms with van der Waals surface area (Å²) in [5.74, 6) is 0.967. The summed E-state index contributed by atoms with van der Waals surface area (Å²) in [6, 6.07) is 18.8. The van der Waals surface area contributed by atoms with E-state index in [0.29, 0.717) is 0 Å². The Morgan fingerprint density at radius 2 is 1.42 bits per heavy atom.